The van der Waals surface area contributed by atoms with Crippen LogP contribution in [0.1, 0.15) is 0 Å². The van der Waals surface area contributed by atoms with Gasteiger partial charge in [-0.1, -0.05) is 176 Å². The van der Waals surface area contributed by atoms with E-state index in [4.69, 9.17) is 0 Å². The summed E-state index contributed by atoms with van der Waals surface area (Å²) in [6, 6.07) is 78.9. The van der Waals surface area contributed by atoms with Crippen molar-refractivity contribution in [3.05, 3.63) is 218 Å². The molecule has 0 fully saturated rings. The van der Waals surface area contributed by atoms with Crippen molar-refractivity contribution < 1.29 is 0 Å². The van der Waals surface area contributed by atoms with Crippen LogP contribution < -0.4 is 4.90 Å². The highest BCUT2D eigenvalue weighted by molar-refractivity contribution is 6.17. The van der Waals surface area contributed by atoms with E-state index in [9.17, 15) is 0 Å². The number of nitrogens with zero attached hydrogens (tertiary/aromatic N) is 2. The van der Waals surface area contributed by atoms with Crippen molar-refractivity contribution >= 4 is 49.6 Å². The third-order valence-electron chi connectivity index (χ3n) is 10.6. The third kappa shape index (κ3) is 5.36. The molecule has 0 saturated heterocycles. The predicted octanol–water partition coefficient (Wildman–Crippen LogP) is 14.4. The number of rotatable bonds is 7. The molecule has 0 radical (unpaired) electrons. The molecule has 10 aromatic rings. The van der Waals surface area contributed by atoms with Crippen LogP contribution in [0.4, 0.5) is 17.1 Å². The van der Waals surface area contributed by atoms with Crippen LogP contribution in [-0.4, -0.2) is 4.57 Å². The molecule has 0 aliphatic carbocycles. The maximum Gasteiger partial charge on any atom is 0.0562 e. The molecule has 0 N–H and O–H groups in total. The summed E-state index contributed by atoms with van der Waals surface area (Å²) < 4.78 is 2.45. The van der Waals surface area contributed by atoms with Gasteiger partial charge in [-0.2, -0.15) is 0 Å². The fourth-order valence-electron chi connectivity index (χ4n) is 8.17. The van der Waals surface area contributed by atoms with E-state index >= 15 is 0 Å². The molecular weight excluding hydrogens is 653 g/mol. The fraction of sp³-hybridized carbons (Fsp3) is 0. The Bertz CT molecular complexity index is 2920. The lowest BCUT2D eigenvalue weighted by molar-refractivity contribution is 1.18. The van der Waals surface area contributed by atoms with Gasteiger partial charge in [-0.15, -0.1) is 0 Å². The Hall–Kier alpha value is -7.16. The minimum atomic E-state index is 1.09. The van der Waals surface area contributed by atoms with Crippen molar-refractivity contribution in [2.24, 2.45) is 0 Å². The molecule has 1 aromatic heterocycles. The largest absolute Gasteiger partial charge is 0.309 e. The summed E-state index contributed by atoms with van der Waals surface area (Å²) in [6.45, 7) is 0. The number of aromatic nitrogens is 1. The quantitative estimate of drug-likeness (QED) is 0.162. The molecule has 0 aliphatic rings. The van der Waals surface area contributed by atoms with Gasteiger partial charge in [-0.05, 0) is 75.5 Å². The van der Waals surface area contributed by atoms with E-state index in [2.05, 4.69) is 228 Å². The summed E-state index contributed by atoms with van der Waals surface area (Å²) >= 11 is 0. The van der Waals surface area contributed by atoms with Crippen LogP contribution in [0.5, 0.6) is 0 Å². The first-order valence-corrected chi connectivity index (χ1v) is 18.5. The van der Waals surface area contributed by atoms with Crippen LogP contribution in [0.25, 0.3) is 71.6 Å². The monoisotopic (exact) mass is 688 g/mol. The first kappa shape index (κ1) is 31.6. The van der Waals surface area contributed by atoms with E-state index in [0.717, 1.165) is 28.3 Å². The van der Waals surface area contributed by atoms with E-state index in [0.29, 0.717) is 0 Å². The lowest BCUT2D eigenvalue weighted by Gasteiger charge is -2.29. The maximum absolute atomic E-state index is 2.47. The molecule has 54 heavy (non-hydrogen) atoms. The Balaban J connectivity index is 1.26. The minimum Gasteiger partial charge on any atom is -0.309 e. The van der Waals surface area contributed by atoms with Gasteiger partial charge < -0.3 is 9.47 Å². The summed E-state index contributed by atoms with van der Waals surface area (Å²) in [5, 5.41) is 4.88. The molecule has 10 rings (SSSR count). The van der Waals surface area contributed by atoms with Crippen LogP contribution in [-0.2, 0) is 0 Å². The number of para-hydroxylation sites is 3. The molecule has 254 valence electrons. The van der Waals surface area contributed by atoms with E-state index in [1.54, 1.807) is 0 Å². The molecule has 0 atom stereocenters. The molecule has 9 aromatic carbocycles. The molecular formula is C52H36N2. The Labute approximate surface area is 315 Å². The van der Waals surface area contributed by atoms with Crippen LogP contribution in [0.15, 0.2) is 218 Å². The normalized spacial score (nSPS) is 11.3. The van der Waals surface area contributed by atoms with E-state index in [1.807, 2.05) is 0 Å². The van der Waals surface area contributed by atoms with Gasteiger partial charge in [0.25, 0.3) is 0 Å². The SMILES string of the molecule is c1ccc(-c2ccc(N(c3ccccc3-c3cccc4ccccc34)c3cccc4c3c3ccccc3n4-c3ccccc3-c3ccccc3)cc2)cc1. The number of fused-ring (bicyclic) bond motifs is 4. The highest BCUT2D eigenvalue weighted by Crippen LogP contribution is 2.48. The molecule has 2 heteroatoms. The standard InChI is InChI=1S/C52H36N2/c1-3-17-37(18-4-1)38-33-35-41(36-34-38)53(48-29-13-10-25-45(48)44-27-15-22-39-21-7-8-23-42(39)44)50-31-16-32-51-52(50)46-26-11-14-30-49(46)54(51)47-28-12-9-24-43(47)40-19-5-2-6-20-40/h1-36H. The fourth-order valence-corrected chi connectivity index (χ4v) is 8.17. The second kappa shape index (κ2) is 13.4. The molecule has 0 saturated carbocycles. The average Bonchev–Trinajstić information content (AvgIpc) is 3.59. The predicted molar refractivity (Wildman–Crippen MR) is 229 cm³/mol. The summed E-state index contributed by atoms with van der Waals surface area (Å²) in [5.74, 6) is 0. The van der Waals surface area contributed by atoms with E-state index in [1.165, 1.54) is 60.4 Å². The summed E-state index contributed by atoms with van der Waals surface area (Å²) in [7, 11) is 0. The zero-order valence-corrected chi connectivity index (χ0v) is 29.7. The first-order valence-electron chi connectivity index (χ1n) is 18.5. The Morgan fingerprint density at radius 3 is 1.67 bits per heavy atom. The van der Waals surface area contributed by atoms with Crippen LogP contribution >= 0.6 is 0 Å². The Morgan fingerprint density at radius 1 is 0.315 bits per heavy atom. The molecule has 0 unspecified atom stereocenters. The smallest absolute Gasteiger partial charge is 0.0562 e. The molecule has 1 heterocycles. The topological polar surface area (TPSA) is 8.17 Å². The molecule has 2 nitrogen and oxygen atoms in total. The molecule has 0 bridgehead atoms. The summed E-state index contributed by atoms with van der Waals surface area (Å²) in [5.41, 5.74) is 14.0. The second-order valence-corrected chi connectivity index (χ2v) is 13.7. The number of hydrogen-bond donors (Lipinski definition) is 0. The first-order chi connectivity index (χ1) is 26.8. The molecule has 0 amide bonds. The lowest BCUT2D eigenvalue weighted by atomic mass is 9.95. The van der Waals surface area contributed by atoms with Crippen LogP contribution in [0.3, 0.4) is 0 Å². The van der Waals surface area contributed by atoms with Gasteiger partial charge in [0.15, 0.2) is 0 Å². The Kier molecular flexibility index (Phi) is 7.85. The van der Waals surface area contributed by atoms with Gasteiger partial charge in [0.2, 0.25) is 0 Å². The van der Waals surface area contributed by atoms with Crippen molar-refractivity contribution in [3.63, 3.8) is 0 Å². The van der Waals surface area contributed by atoms with E-state index < -0.39 is 0 Å². The maximum atomic E-state index is 2.47. The third-order valence-corrected chi connectivity index (χ3v) is 10.6. The van der Waals surface area contributed by atoms with Crippen LogP contribution in [0.2, 0.25) is 0 Å². The number of hydrogen-bond acceptors (Lipinski definition) is 1. The van der Waals surface area contributed by atoms with Gasteiger partial charge in [-0.3, -0.25) is 0 Å². The summed E-state index contributed by atoms with van der Waals surface area (Å²) in [6.07, 6.45) is 0. The Morgan fingerprint density at radius 2 is 0.852 bits per heavy atom. The van der Waals surface area contributed by atoms with E-state index in [-0.39, 0.29) is 0 Å². The van der Waals surface area contributed by atoms with Gasteiger partial charge in [0, 0.05) is 27.6 Å². The van der Waals surface area contributed by atoms with Crippen molar-refractivity contribution in [2.45, 2.75) is 0 Å². The lowest BCUT2D eigenvalue weighted by Crippen LogP contribution is -2.12. The van der Waals surface area contributed by atoms with Gasteiger partial charge >= 0.3 is 0 Å². The van der Waals surface area contributed by atoms with Crippen molar-refractivity contribution in [2.75, 3.05) is 4.90 Å². The highest BCUT2D eigenvalue weighted by atomic mass is 15.2. The number of benzene rings is 9. The summed E-state index contributed by atoms with van der Waals surface area (Å²) in [4.78, 5) is 2.47. The highest BCUT2D eigenvalue weighted by Gasteiger charge is 2.24. The number of anilines is 3. The molecule has 0 spiro atoms. The molecule has 0 aliphatic heterocycles. The van der Waals surface area contributed by atoms with Crippen molar-refractivity contribution in [1.82, 2.24) is 4.57 Å². The van der Waals surface area contributed by atoms with Gasteiger partial charge in [0.05, 0.1) is 28.1 Å². The second-order valence-electron chi connectivity index (χ2n) is 13.7. The zero-order valence-electron chi connectivity index (χ0n) is 29.7. The van der Waals surface area contributed by atoms with Crippen molar-refractivity contribution in [1.29, 1.82) is 0 Å². The zero-order chi connectivity index (χ0) is 35.8. The van der Waals surface area contributed by atoms with Gasteiger partial charge in [0.1, 0.15) is 0 Å². The van der Waals surface area contributed by atoms with Crippen LogP contribution in [0, 0.1) is 0 Å². The van der Waals surface area contributed by atoms with Crippen molar-refractivity contribution in [3.8, 4) is 39.1 Å². The average molecular weight is 689 g/mol. The minimum absolute atomic E-state index is 1.09. The van der Waals surface area contributed by atoms with Gasteiger partial charge in [-0.25, -0.2) is 0 Å².